The fourth-order valence-electron chi connectivity index (χ4n) is 1.17. The van der Waals surface area contributed by atoms with Gasteiger partial charge in [0.05, 0.1) is 11.3 Å². The molecule has 1 N–H and O–H groups in total. The molecule has 1 aromatic carbocycles. The molecule has 16 heavy (non-hydrogen) atoms. The molecule has 0 unspecified atom stereocenters. The smallest absolute Gasteiger partial charge is 0.291 e. The van der Waals surface area contributed by atoms with Crippen molar-refractivity contribution in [3.05, 3.63) is 53.2 Å². The molecule has 0 saturated heterocycles. The van der Waals surface area contributed by atoms with E-state index in [1.807, 2.05) is 0 Å². The molecule has 3 nitrogen and oxygen atoms in total. The first-order valence-electron chi connectivity index (χ1n) is 4.47. The van der Waals surface area contributed by atoms with Crippen LogP contribution in [0.5, 0.6) is 0 Å². The lowest BCUT2D eigenvalue weighted by Crippen LogP contribution is -2.10. The van der Waals surface area contributed by atoms with Gasteiger partial charge in [0.15, 0.2) is 5.76 Å². The van der Waals surface area contributed by atoms with E-state index in [4.69, 9.17) is 16.0 Å². The first-order valence-corrected chi connectivity index (χ1v) is 4.84. The van der Waals surface area contributed by atoms with Gasteiger partial charge in [0.25, 0.3) is 5.91 Å². The second kappa shape index (κ2) is 4.37. The Labute approximate surface area is 95.8 Å². The van der Waals surface area contributed by atoms with Crippen molar-refractivity contribution in [2.45, 2.75) is 0 Å². The van der Waals surface area contributed by atoms with Crippen molar-refractivity contribution >= 4 is 23.2 Å². The second-order valence-electron chi connectivity index (χ2n) is 3.06. The summed E-state index contributed by atoms with van der Waals surface area (Å²) < 4.78 is 18.0. The Morgan fingerprint density at radius 2 is 2.19 bits per heavy atom. The lowest BCUT2D eigenvalue weighted by atomic mass is 10.3. The van der Waals surface area contributed by atoms with Gasteiger partial charge in [-0.15, -0.1) is 0 Å². The number of rotatable bonds is 2. The molecule has 0 saturated carbocycles. The summed E-state index contributed by atoms with van der Waals surface area (Å²) in [7, 11) is 0. The number of furan rings is 1. The van der Waals surface area contributed by atoms with E-state index in [0.717, 1.165) is 6.07 Å². The highest BCUT2D eigenvalue weighted by Gasteiger charge is 2.09. The van der Waals surface area contributed by atoms with Gasteiger partial charge in [-0.3, -0.25) is 4.79 Å². The number of amides is 1. The number of nitrogens with one attached hydrogen (secondary N) is 1. The van der Waals surface area contributed by atoms with Gasteiger partial charge in [-0.05, 0) is 30.3 Å². The van der Waals surface area contributed by atoms with Gasteiger partial charge in [-0.1, -0.05) is 11.6 Å². The Morgan fingerprint density at radius 3 is 2.81 bits per heavy atom. The Balaban J connectivity index is 2.15. The number of hydrogen-bond acceptors (Lipinski definition) is 2. The van der Waals surface area contributed by atoms with E-state index < -0.39 is 11.7 Å². The van der Waals surface area contributed by atoms with Crippen molar-refractivity contribution in [1.29, 1.82) is 0 Å². The molecular formula is C11H7ClFNO2. The zero-order valence-corrected chi connectivity index (χ0v) is 8.79. The Bertz CT molecular complexity index is 511. The summed E-state index contributed by atoms with van der Waals surface area (Å²) in [4.78, 5) is 11.5. The molecule has 1 amide bonds. The van der Waals surface area contributed by atoms with E-state index in [-0.39, 0.29) is 10.8 Å². The number of anilines is 1. The highest BCUT2D eigenvalue weighted by molar-refractivity contribution is 6.30. The van der Waals surface area contributed by atoms with Gasteiger partial charge in [0, 0.05) is 5.69 Å². The molecule has 0 fully saturated rings. The van der Waals surface area contributed by atoms with Crippen molar-refractivity contribution in [3.8, 4) is 0 Å². The van der Waals surface area contributed by atoms with E-state index in [1.165, 1.54) is 24.5 Å². The molecule has 5 heteroatoms. The third kappa shape index (κ3) is 2.23. The van der Waals surface area contributed by atoms with E-state index in [0.29, 0.717) is 5.69 Å². The highest BCUT2D eigenvalue weighted by atomic mass is 35.5. The van der Waals surface area contributed by atoms with Crippen LogP contribution in [0.3, 0.4) is 0 Å². The predicted molar refractivity (Wildman–Crippen MR) is 58.1 cm³/mol. The van der Waals surface area contributed by atoms with Gasteiger partial charge < -0.3 is 9.73 Å². The molecular weight excluding hydrogens is 233 g/mol. The fraction of sp³-hybridized carbons (Fsp3) is 0. The normalized spacial score (nSPS) is 10.1. The summed E-state index contributed by atoms with van der Waals surface area (Å²) in [6.45, 7) is 0. The Kier molecular flexibility index (Phi) is 2.92. The van der Waals surface area contributed by atoms with E-state index in [1.54, 1.807) is 6.07 Å². The minimum atomic E-state index is -0.584. The van der Waals surface area contributed by atoms with E-state index in [2.05, 4.69) is 5.32 Å². The average molecular weight is 240 g/mol. The summed E-state index contributed by atoms with van der Waals surface area (Å²) in [5.41, 5.74) is 0.323. The number of carbonyl (C=O) groups excluding carboxylic acids is 1. The number of hydrogen-bond donors (Lipinski definition) is 1. The van der Waals surface area contributed by atoms with E-state index >= 15 is 0 Å². The molecule has 0 aliphatic carbocycles. The monoisotopic (exact) mass is 239 g/mol. The van der Waals surface area contributed by atoms with Crippen molar-refractivity contribution in [3.63, 3.8) is 0 Å². The number of halogens is 2. The molecule has 1 heterocycles. The number of benzene rings is 1. The minimum absolute atomic E-state index is 0.0102. The molecule has 2 rings (SSSR count). The number of carbonyl (C=O) groups is 1. The van der Waals surface area contributed by atoms with Crippen molar-refractivity contribution in [2.24, 2.45) is 0 Å². The third-order valence-corrected chi connectivity index (χ3v) is 2.23. The Hall–Kier alpha value is -1.81. The van der Waals surface area contributed by atoms with Crippen LogP contribution >= 0.6 is 11.6 Å². The molecule has 0 aliphatic rings. The summed E-state index contributed by atoms with van der Waals surface area (Å²) in [5, 5.41) is 2.49. The second-order valence-corrected chi connectivity index (χ2v) is 3.47. The van der Waals surface area contributed by atoms with Crippen molar-refractivity contribution in [1.82, 2.24) is 0 Å². The Morgan fingerprint density at radius 1 is 1.38 bits per heavy atom. The summed E-state index contributed by atoms with van der Waals surface area (Å²) in [5.74, 6) is -0.860. The minimum Gasteiger partial charge on any atom is -0.459 e. The summed E-state index contributed by atoms with van der Waals surface area (Å²) >= 11 is 5.51. The first kappa shape index (κ1) is 10.7. The van der Waals surface area contributed by atoms with Crippen LogP contribution in [0.1, 0.15) is 10.6 Å². The van der Waals surface area contributed by atoms with Crippen LogP contribution in [0.4, 0.5) is 10.1 Å². The SMILES string of the molecule is O=C(Nc1ccc(Cl)c(F)c1)c1ccco1. The molecule has 0 aliphatic heterocycles. The summed E-state index contributed by atoms with van der Waals surface area (Å²) in [6.07, 6.45) is 1.39. The van der Waals surface area contributed by atoms with Crippen molar-refractivity contribution in [2.75, 3.05) is 5.32 Å². The lowest BCUT2D eigenvalue weighted by molar-refractivity contribution is 0.0996. The molecule has 0 atom stereocenters. The lowest BCUT2D eigenvalue weighted by Gasteiger charge is -2.03. The van der Waals surface area contributed by atoms with Crippen LogP contribution in [0.25, 0.3) is 0 Å². The van der Waals surface area contributed by atoms with Crippen LogP contribution in [-0.2, 0) is 0 Å². The van der Waals surface area contributed by atoms with E-state index in [9.17, 15) is 9.18 Å². The van der Waals surface area contributed by atoms with Gasteiger partial charge in [0.1, 0.15) is 5.82 Å². The zero-order valence-electron chi connectivity index (χ0n) is 8.04. The maximum absolute atomic E-state index is 13.1. The molecule has 82 valence electrons. The predicted octanol–water partition coefficient (Wildman–Crippen LogP) is 3.32. The van der Waals surface area contributed by atoms with Gasteiger partial charge in [-0.25, -0.2) is 4.39 Å². The highest BCUT2D eigenvalue weighted by Crippen LogP contribution is 2.19. The molecule has 0 radical (unpaired) electrons. The topological polar surface area (TPSA) is 42.2 Å². The van der Waals surface area contributed by atoms with Gasteiger partial charge in [0.2, 0.25) is 0 Å². The van der Waals surface area contributed by atoms with Crippen LogP contribution < -0.4 is 5.32 Å². The largest absolute Gasteiger partial charge is 0.459 e. The van der Waals surface area contributed by atoms with Crippen LogP contribution in [0.2, 0.25) is 5.02 Å². The molecule has 0 spiro atoms. The maximum Gasteiger partial charge on any atom is 0.291 e. The first-order chi connectivity index (χ1) is 7.66. The quantitative estimate of drug-likeness (QED) is 0.874. The maximum atomic E-state index is 13.1. The summed E-state index contributed by atoms with van der Waals surface area (Å²) in [6, 6.07) is 7.13. The van der Waals surface area contributed by atoms with Crippen molar-refractivity contribution < 1.29 is 13.6 Å². The molecule has 1 aromatic heterocycles. The third-order valence-electron chi connectivity index (χ3n) is 1.92. The average Bonchev–Trinajstić information content (AvgIpc) is 2.77. The van der Waals surface area contributed by atoms with Gasteiger partial charge >= 0.3 is 0 Å². The van der Waals surface area contributed by atoms with Crippen LogP contribution in [-0.4, -0.2) is 5.91 Å². The molecule has 2 aromatic rings. The van der Waals surface area contributed by atoms with Crippen LogP contribution in [0.15, 0.2) is 41.0 Å². The van der Waals surface area contributed by atoms with Gasteiger partial charge in [-0.2, -0.15) is 0 Å². The zero-order chi connectivity index (χ0) is 11.5. The standard InChI is InChI=1S/C11H7ClFNO2/c12-8-4-3-7(6-9(8)13)14-11(15)10-2-1-5-16-10/h1-6H,(H,14,15). The van der Waals surface area contributed by atoms with Crippen LogP contribution in [0, 0.1) is 5.82 Å². The fourth-order valence-corrected chi connectivity index (χ4v) is 1.29. The molecule has 0 bridgehead atoms.